The van der Waals surface area contributed by atoms with E-state index in [9.17, 15) is 24.1 Å². The fourth-order valence-corrected chi connectivity index (χ4v) is 5.05. The van der Waals surface area contributed by atoms with Crippen molar-refractivity contribution in [2.45, 2.75) is 58.1 Å². The Hall–Kier alpha value is -4.31. The van der Waals surface area contributed by atoms with Crippen LogP contribution in [0.15, 0.2) is 40.3 Å². The van der Waals surface area contributed by atoms with Gasteiger partial charge >= 0.3 is 0 Å². The smallest absolute Gasteiger partial charge is 0.270 e. The van der Waals surface area contributed by atoms with E-state index in [-0.39, 0.29) is 28.8 Å². The molecule has 0 amide bonds. The Morgan fingerprint density at radius 3 is 2.41 bits per heavy atom. The molecular formula is C29H30F2N6O2. The third kappa shape index (κ3) is 5.61. The molecule has 0 unspecified atom stereocenters. The highest BCUT2D eigenvalue weighted by Gasteiger charge is 2.32. The standard InChI is InChI=1S/C29H30F2N6O2/c1-29(2,3)39-35-25(21-12-8-18(30)14-23(21)31)17-6-10-20(11-7-17)36(4)27-22(16-33)28(38)37(5)24-13-9-19(15-32)34-26(24)27/h8-9,12-14,17,20H,6-7,10-11H2,1-5H3/b35-25-/t17-,20+. The van der Waals surface area contributed by atoms with Crippen molar-refractivity contribution in [2.75, 3.05) is 11.9 Å². The fraction of sp³-hybridized carbons (Fsp3) is 0.414. The third-order valence-corrected chi connectivity index (χ3v) is 7.05. The number of halogens is 2. The normalized spacial score (nSPS) is 17.9. The van der Waals surface area contributed by atoms with Gasteiger partial charge in [0.25, 0.3) is 5.56 Å². The maximum atomic E-state index is 14.8. The third-order valence-electron chi connectivity index (χ3n) is 7.05. The van der Waals surface area contributed by atoms with Gasteiger partial charge < -0.3 is 14.3 Å². The van der Waals surface area contributed by atoms with Crippen LogP contribution in [0, 0.1) is 40.2 Å². The highest BCUT2D eigenvalue weighted by Crippen LogP contribution is 2.36. The van der Waals surface area contributed by atoms with Gasteiger partial charge in [0.2, 0.25) is 0 Å². The van der Waals surface area contributed by atoms with Crippen LogP contribution >= 0.6 is 0 Å². The van der Waals surface area contributed by atoms with E-state index in [1.54, 1.807) is 13.1 Å². The summed E-state index contributed by atoms with van der Waals surface area (Å²) in [6.45, 7) is 5.52. The van der Waals surface area contributed by atoms with E-state index < -0.39 is 22.8 Å². The van der Waals surface area contributed by atoms with Crippen molar-refractivity contribution in [2.24, 2.45) is 18.1 Å². The molecule has 4 rings (SSSR count). The summed E-state index contributed by atoms with van der Waals surface area (Å²) in [6, 6.07) is 10.6. The molecule has 0 spiro atoms. The minimum absolute atomic E-state index is 0.0357. The van der Waals surface area contributed by atoms with Gasteiger partial charge in [0.1, 0.15) is 46.1 Å². The summed E-state index contributed by atoms with van der Waals surface area (Å²) < 4.78 is 29.8. The zero-order chi connectivity index (χ0) is 28.5. The molecule has 1 aliphatic rings. The molecule has 39 heavy (non-hydrogen) atoms. The van der Waals surface area contributed by atoms with Crippen molar-refractivity contribution in [3.63, 3.8) is 0 Å². The van der Waals surface area contributed by atoms with E-state index in [4.69, 9.17) is 4.84 Å². The molecule has 0 radical (unpaired) electrons. The molecule has 8 nitrogen and oxygen atoms in total. The van der Waals surface area contributed by atoms with Crippen LogP contribution in [0.4, 0.5) is 14.5 Å². The Balaban J connectivity index is 1.67. The van der Waals surface area contributed by atoms with Crippen molar-refractivity contribution >= 4 is 22.4 Å². The Kier molecular flexibility index (Phi) is 7.69. The lowest BCUT2D eigenvalue weighted by molar-refractivity contribution is -0.0000722. The fourth-order valence-electron chi connectivity index (χ4n) is 5.05. The first kappa shape index (κ1) is 27.7. The quantitative estimate of drug-likeness (QED) is 0.331. The van der Waals surface area contributed by atoms with Crippen molar-refractivity contribution in [3.8, 4) is 12.1 Å². The molecule has 2 heterocycles. The second kappa shape index (κ2) is 10.8. The van der Waals surface area contributed by atoms with Crippen LogP contribution in [0.2, 0.25) is 0 Å². The summed E-state index contributed by atoms with van der Waals surface area (Å²) in [5.41, 5.74) is 1.08. The number of oxime groups is 1. The number of hydrogen-bond acceptors (Lipinski definition) is 7. The lowest BCUT2D eigenvalue weighted by Crippen LogP contribution is -2.39. The monoisotopic (exact) mass is 532 g/mol. The van der Waals surface area contributed by atoms with E-state index in [0.29, 0.717) is 48.1 Å². The zero-order valence-electron chi connectivity index (χ0n) is 22.6. The van der Waals surface area contributed by atoms with Crippen LogP contribution in [0.5, 0.6) is 0 Å². The summed E-state index contributed by atoms with van der Waals surface area (Å²) in [5, 5.41) is 23.6. The number of benzene rings is 1. The molecule has 3 aromatic rings. The van der Waals surface area contributed by atoms with Gasteiger partial charge in [-0.25, -0.2) is 13.8 Å². The Bertz CT molecular complexity index is 1590. The summed E-state index contributed by atoms with van der Waals surface area (Å²) >= 11 is 0. The van der Waals surface area contributed by atoms with Crippen molar-refractivity contribution in [1.82, 2.24) is 9.55 Å². The van der Waals surface area contributed by atoms with Gasteiger partial charge in [-0.2, -0.15) is 10.5 Å². The number of fused-ring (bicyclic) bond motifs is 1. The van der Waals surface area contributed by atoms with Gasteiger partial charge in [-0.15, -0.1) is 0 Å². The van der Waals surface area contributed by atoms with E-state index in [1.807, 2.05) is 44.9 Å². The van der Waals surface area contributed by atoms with Crippen LogP contribution in [0.3, 0.4) is 0 Å². The highest BCUT2D eigenvalue weighted by atomic mass is 19.1. The van der Waals surface area contributed by atoms with Gasteiger partial charge in [-0.1, -0.05) is 5.16 Å². The Labute approximate surface area is 225 Å². The van der Waals surface area contributed by atoms with Crippen LogP contribution in [-0.2, 0) is 11.9 Å². The first-order valence-electron chi connectivity index (χ1n) is 12.7. The van der Waals surface area contributed by atoms with Crippen LogP contribution in [-0.4, -0.2) is 34.0 Å². The number of pyridine rings is 2. The lowest BCUT2D eigenvalue weighted by Gasteiger charge is -2.37. The molecule has 1 aromatic carbocycles. The molecule has 0 atom stereocenters. The van der Waals surface area contributed by atoms with E-state index in [0.717, 1.165) is 6.07 Å². The van der Waals surface area contributed by atoms with Gasteiger partial charge in [0, 0.05) is 37.7 Å². The van der Waals surface area contributed by atoms with E-state index >= 15 is 0 Å². The molecule has 1 fully saturated rings. The van der Waals surface area contributed by atoms with Crippen LogP contribution in [0.25, 0.3) is 11.0 Å². The molecule has 1 saturated carbocycles. The lowest BCUT2D eigenvalue weighted by atomic mass is 9.80. The molecule has 0 saturated heterocycles. The minimum atomic E-state index is -0.699. The van der Waals surface area contributed by atoms with Crippen LogP contribution in [0.1, 0.15) is 63.3 Å². The first-order valence-corrected chi connectivity index (χ1v) is 12.7. The van der Waals surface area contributed by atoms with Crippen molar-refractivity contribution < 1.29 is 13.6 Å². The van der Waals surface area contributed by atoms with E-state index in [2.05, 4.69) is 10.1 Å². The molecule has 1 aliphatic carbocycles. The summed E-state index contributed by atoms with van der Waals surface area (Å²) in [6.07, 6.45) is 2.55. The highest BCUT2D eigenvalue weighted by molar-refractivity contribution is 6.02. The van der Waals surface area contributed by atoms with Gasteiger partial charge in [0.05, 0.1) is 16.9 Å². The second-order valence-corrected chi connectivity index (χ2v) is 10.8. The molecule has 2 aromatic heterocycles. The number of nitrogens with zero attached hydrogens (tertiary/aromatic N) is 6. The number of rotatable bonds is 5. The predicted molar refractivity (Wildman–Crippen MR) is 144 cm³/mol. The maximum Gasteiger partial charge on any atom is 0.270 e. The van der Waals surface area contributed by atoms with Gasteiger partial charge in [-0.3, -0.25) is 4.79 Å². The van der Waals surface area contributed by atoms with Gasteiger partial charge in [0.15, 0.2) is 0 Å². The average molecular weight is 533 g/mol. The maximum absolute atomic E-state index is 14.8. The molecular weight excluding hydrogens is 502 g/mol. The Morgan fingerprint density at radius 1 is 1.13 bits per heavy atom. The topological polar surface area (TPSA) is 107 Å². The molecule has 0 aliphatic heterocycles. The number of aromatic nitrogens is 2. The largest absolute Gasteiger partial charge is 0.390 e. The van der Waals surface area contributed by atoms with Crippen LogP contribution < -0.4 is 10.5 Å². The average Bonchev–Trinajstić information content (AvgIpc) is 2.90. The number of aryl methyl sites for hydroxylation is 1. The van der Waals surface area contributed by atoms with Gasteiger partial charge in [-0.05, 0) is 70.7 Å². The van der Waals surface area contributed by atoms with E-state index in [1.165, 1.54) is 22.8 Å². The molecule has 0 bridgehead atoms. The predicted octanol–water partition coefficient (Wildman–Crippen LogP) is 5.17. The van der Waals surface area contributed by atoms with Crippen molar-refractivity contribution in [3.05, 3.63) is 69.1 Å². The number of anilines is 1. The van der Waals surface area contributed by atoms with Crippen molar-refractivity contribution in [1.29, 1.82) is 10.5 Å². The summed E-state index contributed by atoms with van der Waals surface area (Å²) in [5.74, 6) is -1.51. The first-order chi connectivity index (χ1) is 18.4. The summed E-state index contributed by atoms with van der Waals surface area (Å²) in [4.78, 5) is 25.0. The molecule has 202 valence electrons. The summed E-state index contributed by atoms with van der Waals surface area (Å²) in [7, 11) is 3.39. The molecule has 0 N–H and O–H groups in total. The SMILES string of the molecule is Cn1c(=O)c(C#N)c(N(C)[C@H]2CC[C@@H](/C(=N/OC(C)(C)C)c3ccc(F)cc3F)CC2)c2nc(C#N)ccc21. The second-order valence-electron chi connectivity index (χ2n) is 10.8. The molecule has 10 heteroatoms. The Morgan fingerprint density at radius 2 is 1.82 bits per heavy atom. The number of nitriles is 2. The number of hydrogen-bond donors (Lipinski definition) is 0. The zero-order valence-corrected chi connectivity index (χ0v) is 22.6. The minimum Gasteiger partial charge on any atom is -0.390 e.